The Kier molecular flexibility index (Phi) is 7.65. The predicted molar refractivity (Wildman–Crippen MR) is 137 cm³/mol. The average Bonchev–Trinajstić information content (AvgIpc) is 3.38. The fourth-order valence-corrected chi connectivity index (χ4v) is 6.10. The second-order valence-corrected chi connectivity index (χ2v) is 11.3. The molecular weight excluding hydrogens is 494 g/mol. The number of sulfonamides is 1. The van der Waals surface area contributed by atoms with Crippen molar-refractivity contribution < 1.29 is 22.5 Å². The number of benzene rings is 2. The van der Waals surface area contributed by atoms with Crippen LogP contribution in [0.3, 0.4) is 0 Å². The maximum Gasteiger partial charge on any atom is 0.243 e. The molecule has 2 aromatic carbocycles. The summed E-state index contributed by atoms with van der Waals surface area (Å²) in [6, 6.07) is 14.3. The minimum absolute atomic E-state index is 0.0527. The molecule has 0 spiro atoms. The quantitative estimate of drug-likeness (QED) is 0.500. The zero-order valence-corrected chi connectivity index (χ0v) is 21.6. The first kappa shape index (κ1) is 25.5. The van der Waals surface area contributed by atoms with Crippen LogP contribution in [0.4, 0.5) is 5.69 Å². The largest absolute Gasteiger partial charge is 0.379 e. The molecule has 0 atom stereocenters. The van der Waals surface area contributed by atoms with Crippen LogP contribution in [0.2, 0.25) is 0 Å². The predicted octanol–water partition coefficient (Wildman–Crippen LogP) is 2.92. The number of morpholine rings is 1. The van der Waals surface area contributed by atoms with Gasteiger partial charge in [-0.15, -0.1) is 0 Å². The summed E-state index contributed by atoms with van der Waals surface area (Å²) in [7, 11) is -3.56. The molecule has 196 valence electrons. The van der Waals surface area contributed by atoms with Crippen molar-refractivity contribution in [1.29, 1.82) is 0 Å². The van der Waals surface area contributed by atoms with Crippen molar-refractivity contribution >= 4 is 21.6 Å². The van der Waals surface area contributed by atoms with E-state index in [1.165, 1.54) is 4.31 Å². The van der Waals surface area contributed by atoms with E-state index in [1.54, 1.807) is 24.3 Å². The topological polar surface area (TPSA) is 118 Å². The van der Waals surface area contributed by atoms with Crippen LogP contribution < -0.4 is 5.32 Å². The molecule has 1 N–H and O–H groups in total. The van der Waals surface area contributed by atoms with E-state index in [4.69, 9.17) is 9.26 Å². The van der Waals surface area contributed by atoms with E-state index in [-0.39, 0.29) is 16.7 Å². The highest BCUT2D eigenvalue weighted by Crippen LogP contribution is 2.24. The van der Waals surface area contributed by atoms with E-state index in [1.807, 2.05) is 31.2 Å². The van der Waals surface area contributed by atoms with Gasteiger partial charge in [-0.05, 0) is 62.7 Å². The monoisotopic (exact) mass is 525 g/mol. The molecule has 0 aliphatic carbocycles. The van der Waals surface area contributed by atoms with Gasteiger partial charge >= 0.3 is 0 Å². The maximum atomic E-state index is 12.8. The van der Waals surface area contributed by atoms with Gasteiger partial charge in [0.2, 0.25) is 27.6 Å². The lowest BCUT2D eigenvalue weighted by Gasteiger charge is -2.30. The summed E-state index contributed by atoms with van der Waals surface area (Å²) in [5.74, 6) is 0.987. The summed E-state index contributed by atoms with van der Waals surface area (Å²) in [5.41, 5.74) is 2.64. The Hall–Kier alpha value is -3.12. The maximum absolute atomic E-state index is 12.8. The molecule has 2 aliphatic heterocycles. The van der Waals surface area contributed by atoms with Gasteiger partial charge in [0.1, 0.15) is 0 Å². The Bertz CT molecular complexity index is 1330. The number of anilines is 1. The third-order valence-electron chi connectivity index (χ3n) is 6.90. The number of carbonyl (C=O) groups excluding carboxylic acids is 1. The number of rotatable bonds is 7. The Labute approximate surface area is 216 Å². The minimum atomic E-state index is -3.56. The fraction of sp³-hybridized carbons (Fsp3) is 0.423. The van der Waals surface area contributed by atoms with Crippen LogP contribution in [-0.2, 0) is 26.1 Å². The van der Waals surface area contributed by atoms with E-state index < -0.39 is 10.0 Å². The zero-order valence-electron chi connectivity index (χ0n) is 20.8. The molecule has 5 rings (SSSR count). The first-order valence-corrected chi connectivity index (χ1v) is 13.9. The van der Waals surface area contributed by atoms with Gasteiger partial charge in [-0.3, -0.25) is 9.69 Å². The van der Waals surface area contributed by atoms with E-state index in [9.17, 15) is 13.2 Å². The molecule has 10 nitrogen and oxygen atoms in total. The van der Waals surface area contributed by atoms with Crippen LogP contribution in [0, 0.1) is 12.8 Å². The Balaban J connectivity index is 1.11. The van der Waals surface area contributed by atoms with Gasteiger partial charge in [-0.2, -0.15) is 9.29 Å². The van der Waals surface area contributed by atoms with Crippen LogP contribution >= 0.6 is 0 Å². The van der Waals surface area contributed by atoms with E-state index in [0.29, 0.717) is 63.1 Å². The number of amides is 1. The standard InChI is InChI=1S/C26H31N5O5S/c1-19-4-2-3-5-23(19)25-28-24(36-29-25)18-30-12-10-20(11-13-30)26(32)27-21-6-8-22(9-7-21)37(33,34)31-14-16-35-17-15-31/h2-9,20H,10-18H2,1H3,(H,27,32). The molecule has 2 fully saturated rings. The lowest BCUT2D eigenvalue weighted by Crippen LogP contribution is -2.40. The number of ether oxygens (including phenoxy) is 1. The highest BCUT2D eigenvalue weighted by Gasteiger charge is 2.28. The van der Waals surface area contributed by atoms with Crippen LogP contribution in [0.5, 0.6) is 0 Å². The molecule has 0 bridgehead atoms. The SMILES string of the molecule is Cc1ccccc1-c1noc(CN2CCC(C(=O)Nc3ccc(S(=O)(=O)N4CCOCC4)cc3)CC2)n1. The second-order valence-electron chi connectivity index (χ2n) is 9.41. The minimum Gasteiger partial charge on any atom is -0.379 e. The van der Waals surface area contributed by atoms with Gasteiger partial charge in [0, 0.05) is 30.3 Å². The number of aryl methyl sites for hydroxylation is 1. The lowest BCUT2D eigenvalue weighted by molar-refractivity contribution is -0.121. The van der Waals surface area contributed by atoms with Crippen LogP contribution in [-0.4, -0.2) is 73.1 Å². The summed E-state index contributed by atoms with van der Waals surface area (Å²) in [4.78, 5) is 19.8. The summed E-state index contributed by atoms with van der Waals surface area (Å²) >= 11 is 0. The van der Waals surface area contributed by atoms with Gasteiger partial charge in [0.25, 0.3) is 0 Å². The molecule has 3 heterocycles. The van der Waals surface area contributed by atoms with Crippen molar-refractivity contribution in [2.45, 2.75) is 31.2 Å². The highest BCUT2D eigenvalue weighted by molar-refractivity contribution is 7.89. The van der Waals surface area contributed by atoms with Crippen molar-refractivity contribution in [1.82, 2.24) is 19.3 Å². The lowest BCUT2D eigenvalue weighted by atomic mass is 9.96. The Morgan fingerprint density at radius 1 is 1.03 bits per heavy atom. The molecule has 2 saturated heterocycles. The molecule has 0 unspecified atom stereocenters. The molecule has 11 heteroatoms. The van der Waals surface area contributed by atoms with Crippen molar-refractivity contribution in [3.8, 4) is 11.4 Å². The van der Waals surface area contributed by atoms with Crippen molar-refractivity contribution in [3.63, 3.8) is 0 Å². The van der Waals surface area contributed by atoms with Crippen LogP contribution in [0.15, 0.2) is 57.9 Å². The van der Waals surface area contributed by atoms with Crippen molar-refractivity contribution in [2.24, 2.45) is 5.92 Å². The number of likely N-dealkylation sites (tertiary alicyclic amines) is 1. The molecular formula is C26H31N5O5S. The van der Waals surface area contributed by atoms with E-state index in [0.717, 1.165) is 24.2 Å². The summed E-state index contributed by atoms with van der Waals surface area (Å²) in [5, 5.41) is 7.06. The number of hydrogen-bond acceptors (Lipinski definition) is 8. The number of nitrogens with zero attached hydrogens (tertiary/aromatic N) is 4. The van der Waals surface area contributed by atoms with Gasteiger partial charge in [-0.1, -0.05) is 29.4 Å². The van der Waals surface area contributed by atoms with Gasteiger partial charge in [0.15, 0.2) is 0 Å². The highest BCUT2D eigenvalue weighted by atomic mass is 32.2. The van der Waals surface area contributed by atoms with E-state index in [2.05, 4.69) is 20.4 Å². The number of nitrogens with one attached hydrogen (secondary N) is 1. The molecule has 3 aromatic rings. The second kappa shape index (κ2) is 11.1. The summed E-state index contributed by atoms with van der Waals surface area (Å²) in [6.07, 6.45) is 1.43. The molecule has 0 radical (unpaired) electrons. The first-order valence-electron chi connectivity index (χ1n) is 12.5. The van der Waals surface area contributed by atoms with Crippen LogP contribution in [0.25, 0.3) is 11.4 Å². The van der Waals surface area contributed by atoms with Crippen LogP contribution in [0.1, 0.15) is 24.3 Å². The van der Waals surface area contributed by atoms with E-state index >= 15 is 0 Å². The molecule has 37 heavy (non-hydrogen) atoms. The Morgan fingerprint density at radius 2 is 1.73 bits per heavy atom. The smallest absolute Gasteiger partial charge is 0.243 e. The number of hydrogen-bond donors (Lipinski definition) is 1. The van der Waals surface area contributed by atoms with Gasteiger partial charge < -0.3 is 14.6 Å². The van der Waals surface area contributed by atoms with Gasteiger partial charge in [-0.25, -0.2) is 8.42 Å². The fourth-order valence-electron chi connectivity index (χ4n) is 4.69. The summed E-state index contributed by atoms with van der Waals surface area (Å²) in [6.45, 7) is 5.55. The zero-order chi connectivity index (χ0) is 25.8. The van der Waals surface area contributed by atoms with Crippen molar-refractivity contribution in [2.75, 3.05) is 44.7 Å². The third kappa shape index (κ3) is 5.90. The summed E-state index contributed by atoms with van der Waals surface area (Å²) < 4.78 is 37.7. The molecule has 1 aromatic heterocycles. The number of piperidine rings is 1. The van der Waals surface area contributed by atoms with Crippen molar-refractivity contribution in [3.05, 3.63) is 60.0 Å². The first-order chi connectivity index (χ1) is 17.9. The molecule has 0 saturated carbocycles. The Morgan fingerprint density at radius 3 is 2.43 bits per heavy atom. The number of aromatic nitrogens is 2. The molecule has 2 aliphatic rings. The normalized spacial score (nSPS) is 18.1. The van der Waals surface area contributed by atoms with Gasteiger partial charge in [0.05, 0.1) is 24.7 Å². The number of carbonyl (C=O) groups is 1. The average molecular weight is 526 g/mol. The third-order valence-corrected chi connectivity index (χ3v) is 8.81. The molecule has 1 amide bonds.